The van der Waals surface area contributed by atoms with Crippen molar-refractivity contribution in [2.24, 2.45) is 0 Å². The quantitative estimate of drug-likeness (QED) is 0.881. The summed E-state index contributed by atoms with van der Waals surface area (Å²) < 4.78 is 10.2. The molecule has 1 N–H and O–H groups in total. The van der Waals surface area contributed by atoms with E-state index in [4.69, 9.17) is 9.47 Å². The maximum atomic E-state index is 9.84. The molecular weight excluding hydrogens is 218 g/mol. The summed E-state index contributed by atoms with van der Waals surface area (Å²) >= 11 is 0. The van der Waals surface area contributed by atoms with Crippen LogP contribution in [0.3, 0.4) is 0 Å². The molecule has 0 amide bonds. The summed E-state index contributed by atoms with van der Waals surface area (Å²) in [5.74, 6) is 0.872. The molecule has 0 spiro atoms. The Hall–Kier alpha value is -2.23. The zero-order valence-corrected chi connectivity index (χ0v) is 9.68. The first-order valence-electron chi connectivity index (χ1n) is 5.11. The van der Waals surface area contributed by atoms with Crippen LogP contribution in [0.2, 0.25) is 0 Å². The molecule has 0 atom stereocenters. The maximum Gasteiger partial charge on any atom is 0.203 e. The number of methoxy groups -OCH3 is 2. The number of phenols is 1. The fraction of sp³-hybridized carbons (Fsp3) is 0.154. The lowest BCUT2D eigenvalue weighted by Gasteiger charge is -2.11. The molecule has 0 saturated carbocycles. The van der Waals surface area contributed by atoms with E-state index in [0.29, 0.717) is 11.5 Å². The van der Waals surface area contributed by atoms with E-state index in [0.717, 1.165) is 11.1 Å². The Morgan fingerprint density at radius 1 is 1.12 bits per heavy atom. The summed E-state index contributed by atoms with van der Waals surface area (Å²) in [6.45, 7) is 0. The van der Waals surface area contributed by atoms with Crippen LogP contribution >= 0.6 is 0 Å². The number of benzene rings is 1. The molecule has 4 nitrogen and oxygen atoms in total. The molecule has 0 saturated heterocycles. The fourth-order valence-corrected chi connectivity index (χ4v) is 1.64. The Bertz CT molecular complexity index is 512. The summed E-state index contributed by atoms with van der Waals surface area (Å²) in [7, 11) is 3.02. The molecule has 0 aliphatic rings. The van der Waals surface area contributed by atoms with Crippen LogP contribution < -0.4 is 9.47 Å². The van der Waals surface area contributed by atoms with Gasteiger partial charge in [0.15, 0.2) is 11.5 Å². The predicted molar refractivity (Wildman–Crippen MR) is 64.4 cm³/mol. The summed E-state index contributed by atoms with van der Waals surface area (Å²) in [5.41, 5.74) is 1.73. The van der Waals surface area contributed by atoms with Crippen molar-refractivity contribution in [1.29, 1.82) is 0 Å². The minimum absolute atomic E-state index is 0.0469. The van der Waals surface area contributed by atoms with Gasteiger partial charge < -0.3 is 14.6 Å². The van der Waals surface area contributed by atoms with E-state index < -0.39 is 0 Å². The molecule has 0 bridgehead atoms. The molecular formula is C13H13NO3. The molecule has 4 heteroatoms. The van der Waals surface area contributed by atoms with Gasteiger partial charge in [-0.15, -0.1) is 0 Å². The van der Waals surface area contributed by atoms with Gasteiger partial charge in [-0.2, -0.15) is 0 Å². The summed E-state index contributed by atoms with van der Waals surface area (Å²) in [6.07, 6.45) is 3.42. The van der Waals surface area contributed by atoms with Crippen molar-refractivity contribution < 1.29 is 14.6 Å². The first-order chi connectivity index (χ1) is 8.26. The first kappa shape index (κ1) is 11.3. The van der Waals surface area contributed by atoms with Crippen molar-refractivity contribution in [2.45, 2.75) is 0 Å². The van der Waals surface area contributed by atoms with Crippen molar-refractivity contribution in [1.82, 2.24) is 4.98 Å². The van der Waals surface area contributed by atoms with Gasteiger partial charge >= 0.3 is 0 Å². The van der Waals surface area contributed by atoms with Crippen molar-refractivity contribution in [3.8, 4) is 28.4 Å². The van der Waals surface area contributed by atoms with E-state index in [9.17, 15) is 5.11 Å². The number of ether oxygens (including phenoxy) is 2. The number of pyridine rings is 1. The number of hydrogen-bond donors (Lipinski definition) is 1. The zero-order valence-electron chi connectivity index (χ0n) is 9.68. The predicted octanol–water partition coefficient (Wildman–Crippen LogP) is 2.47. The van der Waals surface area contributed by atoms with E-state index in [-0.39, 0.29) is 5.75 Å². The number of phenolic OH excluding ortho intramolecular Hbond substituents is 1. The zero-order chi connectivity index (χ0) is 12.3. The molecule has 0 unspecified atom stereocenters. The highest BCUT2D eigenvalue weighted by molar-refractivity contribution is 5.70. The Balaban J connectivity index is 2.54. The van der Waals surface area contributed by atoms with E-state index in [1.165, 1.54) is 14.2 Å². The molecule has 88 valence electrons. The molecule has 1 aromatic carbocycles. The van der Waals surface area contributed by atoms with Crippen LogP contribution in [-0.2, 0) is 0 Å². The summed E-state index contributed by atoms with van der Waals surface area (Å²) in [5, 5.41) is 9.84. The van der Waals surface area contributed by atoms with E-state index in [2.05, 4.69) is 4.98 Å². The second-order valence-corrected chi connectivity index (χ2v) is 3.47. The Morgan fingerprint density at radius 3 is 2.53 bits per heavy atom. The molecule has 1 aromatic heterocycles. The van der Waals surface area contributed by atoms with Crippen molar-refractivity contribution in [3.63, 3.8) is 0 Å². The van der Waals surface area contributed by atoms with Gasteiger partial charge in [-0.25, -0.2) is 0 Å². The number of nitrogens with zero attached hydrogens (tertiary/aromatic N) is 1. The molecule has 2 aromatic rings. The number of aromatic nitrogens is 1. The molecule has 0 aliphatic heterocycles. The lowest BCUT2D eigenvalue weighted by atomic mass is 10.1. The summed E-state index contributed by atoms with van der Waals surface area (Å²) in [6, 6.07) is 7.17. The largest absolute Gasteiger partial charge is 0.504 e. The fourth-order valence-electron chi connectivity index (χ4n) is 1.64. The van der Waals surface area contributed by atoms with Gasteiger partial charge in [-0.05, 0) is 23.8 Å². The first-order valence-corrected chi connectivity index (χ1v) is 5.11. The van der Waals surface area contributed by atoms with Crippen molar-refractivity contribution >= 4 is 0 Å². The molecule has 0 aliphatic carbocycles. The van der Waals surface area contributed by atoms with Crippen LogP contribution in [0.25, 0.3) is 11.1 Å². The van der Waals surface area contributed by atoms with E-state index in [1.54, 1.807) is 24.5 Å². The monoisotopic (exact) mass is 231 g/mol. The SMILES string of the molecule is COc1cc(-c2cccnc2)cc(O)c1OC. The second-order valence-electron chi connectivity index (χ2n) is 3.47. The van der Waals surface area contributed by atoms with Crippen LogP contribution in [0.15, 0.2) is 36.7 Å². The van der Waals surface area contributed by atoms with Gasteiger partial charge in [-0.1, -0.05) is 6.07 Å². The highest BCUT2D eigenvalue weighted by Gasteiger charge is 2.12. The highest BCUT2D eigenvalue weighted by Crippen LogP contribution is 2.40. The molecule has 0 radical (unpaired) electrons. The number of hydrogen-bond acceptors (Lipinski definition) is 4. The van der Waals surface area contributed by atoms with Crippen molar-refractivity contribution in [3.05, 3.63) is 36.7 Å². The maximum absolute atomic E-state index is 9.84. The van der Waals surface area contributed by atoms with Gasteiger partial charge in [0.25, 0.3) is 0 Å². The summed E-state index contributed by atoms with van der Waals surface area (Å²) in [4.78, 5) is 4.04. The lowest BCUT2D eigenvalue weighted by Crippen LogP contribution is -1.92. The Kier molecular flexibility index (Phi) is 3.14. The van der Waals surface area contributed by atoms with Gasteiger partial charge in [0, 0.05) is 18.0 Å². The van der Waals surface area contributed by atoms with Gasteiger partial charge in [-0.3, -0.25) is 4.98 Å². The van der Waals surface area contributed by atoms with Gasteiger partial charge in [0.05, 0.1) is 14.2 Å². The van der Waals surface area contributed by atoms with Gasteiger partial charge in [0.2, 0.25) is 5.75 Å². The third-order valence-electron chi connectivity index (χ3n) is 2.45. The Labute approximate surface area is 99.5 Å². The van der Waals surface area contributed by atoms with Crippen LogP contribution in [0.4, 0.5) is 0 Å². The van der Waals surface area contributed by atoms with Gasteiger partial charge in [0.1, 0.15) is 0 Å². The molecule has 0 fully saturated rings. The minimum atomic E-state index is 0.0469. The third-order valence-corrected chi connectivity index (χ3v) is 2.45. The Morgan fingerprint density at radius 2 is 1.94 bits per heavy atom. The number of rotatable bonds is 3. The smallest absolute Gasteiger partial charge is 0.203 e. The topological polar surface area (TPSA) is 51.6 Å². The third kappa shape index (κ3) is 2.15. The van der Waals surface area contributed by atoms with Crippen LogP contribution in [0, 0.1) is 0 Å². The normalized spacial score (nSPS) is 10.0. The second kappa shape index (κ2) is 4.74. The molecule has 17 heavy (non-hydrogen) atoms. The van der Waals surface area contributed by atoms with E-state index in [1.807, 2.05) is 12.1 Å². The van der Waals surface area contributed by atoms with Crippen LogP contribution in [-0.4, -0.2) is 24.3 Å². The van der Waals surface area contributed by atoms with Crippen LogP contribution in [0.5, 0.6) is 17.2 Å². The molecule has 1 heterocycles. The molecule has 2 rings (SSSR count). The minimum Gasteiger partial charge on any atom is -0.504 e. The van der Waals surface area contributed by atoms with E-state index >= 15 is 0 Å². The lowest BCUT2D eigenvalue weighted by molar-refractivity contribution is 0.333. The number of aromatic hydroxyl groups is 1. The average molecular weight is 231 g/mol. The van der Waals surface area contributed by atoms with Crippen molar-refractivity contribution in [2.75, 3.05) is 14.2 Å². The standard InChI is InChI=1S/C13H13NO3/c1-16-12-7-10(6-11(15)13(12)17-2)9-4-3-5-14-8-9/h3-8,15H,1-2H3. The highest BCUT2D eigenvalue weighted by atomic mass is 16.5. The average Bonchev–Trinajstić information content (AvgIpc) is 2.38. The van der Waals surface area contributed by atoms with Crippen LogP contribution in [0.1, 0.15) is 0 Å².